The Hall–Kier alpha value is -0.860. The lowest BCUT2D eigenvalue weighted by molar-refractivity contribution is 0.196. The number of nitrogens with one attached hydrogen (secondary N) is 1. The molecule has 2 nitrogen and oxygen atoms in total. The van der Waals surface area contributed by atoms with Gasteiger partial charge in [-0.2, -0.15) is 0 Å². The lowest BCUT2D eigenvalue weighted by atomic mass is 10.1. The molecule has 0 fully saturated rings. The van der Waals surface area contributed by atoms with Gasteiger partial charge in [0.2, 0.25) is 0 Å². The lowest BCUT2D eigenvalue weighted by Crippen LogP contribution is -2.22. The fraction of sp³-hybridized carbons (Fsp3) is 0.500. The second-order valence-corrected chi connectivity index (χ2v) is 3.58. The summed E-state index contributed by atoms with van der Waals surface area (Å²) in [7, 11) is 1.72. The van der Waals surface area contributed by atoms with Gasteiger partial charge >= 0.3 is 0 Å². The Morgan fingerprint density at radius 2 is 1.93 bits per heavy atom. The molecule has 1 unspecified atom stereocenters. The summed E-state index contributed by atoms with van der Waals surface area (Å²) >= 11 is 0. The maximum atomic E-state index is 4.98. The first-order valence-electron chi connectivity index (χ1n) is 5.03. The molecule has 1 rings (SSSR count). The molecule has 1 N–H and O–H groups in total. The van der Waals surface area contributed by atoms with Crippen molar-refractivity contribution in [3.63, 3.8) is 0 Å². The summed E-state index contributed by atoms with van der Waals surface area (Å²) in [6.45, 7) is 5.93. The van der Waals surface area contributed by atoms with Crippen molar-refractivity contribution in [1.82, 2.24) is 5.32 Å². The van der Waals surface area contributed by atoms with Gasteiger partial charge in [-0.1, -0.05) is 29.8 Å². The average Bonchev–Trinajstić information content (AvgIpc) is 2.19. The molecule has 1 aromatic carbocycles. The maximum absolute atomic E-state index is 4.98. The number of methoxy groups -OCH3 is 1. The van der Waals surface area contributed by atoms with Crippen LogP contribution in [0.15, 0.2) is 24.3 Å². The lowest BCUT2D eigenvalue weighted by Gasteiger charge is -2.13. The standard InChI is InChI=1S/C12H19NO/c1-10-4-6-12(7-5-10)11(2)13-8-9-14-3/h4-7,11,13H,8-9H2,1-3H3. The van der Waals surface area contributed by atoms with Gasteiger partial charge in [-0.25, -0.2) is 0 Å². The van der Waals surface area contributed by atoms with Crippen molar-refractivity contribution in [3.8, 4) is 0 Å². The van der Waals surface area contributed by atoms with Gasteiger partial charge in [0, 0.05) is 19.7 Å². The molecule has 14 heavy (non-hydrogen) atoms. The van der Waals surface area contributed by atoms with Gasteiger partial charge in [-0.15, -0.1) is 0 Å². The van der Waals surface area contributed by atoms with E-state index in [1.165, 1.54) is 11.1 Å². The highest BCUT2D eigenvalue weighted by Crippen LogP contribution is 2.12. The van der Waals surface area contributed by atoms with Crippen LogP contribution in [0.2, 0.25) is 0 Å². The normalized spacial score (nSPS) is 12.8. The van der Waals surface area contributed by atoms with Crippen molar-refractivity contribution in [1.29, 1.82) is 0 Å². The number of ether oxygens (including phenoxy) is 1. The topological polar surface area (TPSA) is 21.3 Å². The summed E-state index contributed by atoms with van der Waals surface area (Å²) in [5.41, 5.74) is 2.63. The third kappa shape index (κ3) is 3.48. The molecular formula is C12H19NO. The van der Waals surface area contributed by atoms with E-state index in [2.05, 4.69) is 43.4 Å². The Morgan fingerprint density at radius 1 is 1.29 bits per heavy atom. The van der Waals surface area contributed by atoms with Crippen LogP contribution >= 0.6 is 0 Å². The molecular weight excluding hydrogens is 174 g/mol. The van der Waals surface area contributed by atoms with Crippen molar-refractivity contribution >= 4 is 0 Å². The van der Waals surface area contributed by atoms with Gasteiger partial charge in [0.15, 0.2) is 0 Å². The van der Waals surface area contributed by atoms with Crippen LogP contribution in [0.1, 0.15) is 24.1 Å². The van der Waals surface area contributed by atoms with E-state index in [1.807, 2.05) is 0 Å². The molecule has 0 saturated heterocycles. The van der Waals surface area contributed by atoms with E-state index >= 15 is 0 Å². The molecule has 1 aromatic rings. The quantitative estimate of drug-likeness (QED) is 0.724. The SMILES string of the molecule is COCCNC(C)c1ccc(C)cc1. The van der Waals surface area contributed by atoms with Crippen LogP contribution < -0.4 is 5.32 Å². The van der Waals surface area contributed by atoms with Crippen LogP contribution in [0.3, 0.4) is 0 Å². The highest BCUT2D eigenvalue weighted by atomic mass is 16.5. The van der Waals surface area contributed by atoms with Crippen LogP contribution in [-0.4, -0.2) is 20.3 Å². The number of benzene rings is 1. The minimum atomic E-state index is 0.394. The average molecular weight is 193 g/mol. The fourth-order valence-electron chi connectivity index (χ4n) is 1.35. The number of hydrogen-bond acceptors (Lipinski definition) is 2. The van der Waals surface area contributed by atoms with Gasteiger partial charge in [-0.05, 0) is 19.4 Å². The van der Waals surface area contributed by atoms with Gasteiger partial charge in [-0.3, -0.25) is 0 Å². The first-order chi connectivity index (χ1) is 6.74. The Kier molecular flexibility index (Phi) is 4.63. The zero-order valence-corrected chi connectivity index (χ0v) is 9.21. The minimum Gasteiger partial charge on any atom is -0.383 e. The number of hydrogen-bond donors (Lipinski definition) is 1. The minimum absolute atomic E-state index is 0.394. The van der Waals surface area contributed by atoms with Crippen molar-refractivity contribution in [2.75, 3.05) is 20.3 Å². The van der Waals surface area contributed by atoms with Gasteiger partial charge in [0.05, 0.1) is 6.61 Å². The van der Waals surface area contributed by atoms with Gasteiger partial charge < -0.3 is 10.1 Å². The van der Waals surface area contributed by atoms with E-state index < -0.39 is 0 Å². The van der Waals surface area contributed by atoms with E-state index in [0.717, 1.165) is 13.2 Å². The molecule has 0 radical (unpaired) electrons. The highest BCUT2D eigenvalue weighted by Gasteiger charge is 2.02. The number of aryl methyl sites for hydroxylation is 1. The second kappa shape index (κ2) is 5.78. The zero-order valence-electron chi connectivity index (χ0n) is 9.21. The van der Waals surface area contributed by atoms with E-state index in [4.69, 9.17) is 4.74 Å². The van der Waals surface area contributed by atoms with Crippen LogP contribution in [0.5, 0.6) is 0 Å². The Morgan fingerprint density at radius 3 is 2.50 bits per heavy atom. The summed E-state index contributed by atoms with van der Waals surface area (Å²) in [5.74, 6) is 0. The van der Waals surface area contributed by atoms with Crippen LogP contribution in [0.25, 0.3) is 0 Å². The summed E-state index contributed by atoms with van der Waals surface area (Å²) in [5, 5.41) is 3.39. The first-order valence-corrected chi connectivity index (χ1v) is 5.03. The van der Waals surface area contributed by atoms with Gasteiger partial charge in [0.25, 0.3) is 0 Å². The summed E-state index contributed by atoms with van der Waals surface area (Å²) in [6, 6.07) is 9.01. The Balaban J connectivity index is 2.43. The van der Waals surface area contributed by atoms with E-state index in [-0.39, 0.29) is 0 Å². The molecule has 0 aliphatic rings. The molecule has 78 valence electrons. The van der Waals surface area contributed by atoms with Crippen LogP contribution in [0.4, 0.5) is 0 Å². The van der Waals surface area contributed by atoms with Crippen molar-refractivity contribution in [2.24, 2.45) is 0 Å². The third-order valence-corrected chi connectivity index (χ3v) is 2.33. The van der Waals surface area contributed by atoms with E-state index in [0.29, 0.717) is 6.04 Å². The van der Waals surface area contributed by atoms with Gasteiger partial charge in [0.1, 0.15) is 0 Å². The predicted octanol–water partition coefficient (Wildman–Crippen LogP) is 2.29. The molecule has 0 spiro atoms. The maximum Gasteiger partial charge on any atom is 0.0587 e. The predicted molar refractivity (Wildman–Crippen MR) is 59.5 cm³/mol. The molecule has 0 saturated carbocycles. The smallest absolute Gasteiger partial charge is 0.0587 e. The summed E-state index contributed by atoms with van der Waals surface area (Å²) < 4.78 is 4.98. The molecule has 1 atom stereocenters. The van der Waals surface area contributed by atoms with Crippen molar-refractivity contribution in [3.05, 3.63) is 35.4 Å². The molecule has 0 bridgehead atoms. The second-order valence-electron chi connectivity index (χ2n) is 3.58. The summed E-state index contributed by atoms with van der Waals surface area (Å²) in [4.78, 5) is 0. The first kappa shape index (κ1) is 11.2. The monoisotopic (exact) mass is 193 g/mol. The Bertz CT molecular complexity index is 256. The molecule has 0 aromatic heterocycles. The Labute approximate surface area is 86.3 Å². The van der Waals surface area contributed by atoms with Crippen LogP contribution in [-0.2, 0) is 4.74 Å². The third-order valence-electron chi connectivity index (χ3n) is 2.33. The molecule has 0 aliphatic heterocycles. The molecule has 2 heteroatoms. The fourth-order valence-corrected chi connectivity index (χ4v) is 1.35. The highest BCUT2D eigenvalue weighted by molar-refractivity contribution is 5.23. The van der Waals surface area contributed by atoms with E-state index in [9.17, 15) is 0 Å². The molecule has 0 heterocycles. The zero-order chi connectivity index (χ0) is 10.4. The molecule has 0 amide bonds. The molecule has 0 aliphatic carbocycles. The largest absolute Gasteiger partial charge is 0.383 e. The van der Waals surface area contributed by atoms with Crippen molar-refractivity contribution < 1.29 is 4.74 Å². The summed E-state index contributed by atoms with van der Waals surface area (Å²) in [6.07, 6.45) is 0. The number of rotatable bonds is 5. The van der Waals surface area contributed by atoms with E-state index in [1.54, 1.807) is 7.11 Å². The van der Waals surface area contributed by atoms with Crippen LogP contribution in [0, 0.1) is 6.92 Å². The van der Waals surface area contributed by atoms with Crippen molar-refractivity contribution in [2.45, 2.75) is 19.9 Å².